The average molecular weight is 397 g/mol. The molecule has 0 bridgehead atoms. The molecule has 0 aliphatic rings. The number of aryl methyl sites for hydroxylation is 1. The summed E-state index contributed by atoms with van der Waals surface area (Å²) in [5, 5.41) is 3.58. The molecule has 0 saturated carbocycles. The van der Waals surface area contributed by atoms with Gasteiger partial charge in [-0.2, -0.15) is 0 Å². The molecule has 0 heterocycles. The van der Waals surface area contributed by atoms with Crippen molar-refractivity contribution in [2.75, 3.05) is 6.54 Å². The van der Waals surface area contributed by atoms with E-state index < -0.39 is 0 Å². The molecule has 2 rings (SSSR count). The summed E-state index contributed by atoms with van der Waals surface area (Å²) in [5.41, 5.74) is 3.94. The van der Waals surface area contributed by atoms with Crippen molar-refractivity contribution in [2.45, 2.75) is 26.3 Å². The molecule has 0 aliphatic heterocycles. The summed E-state index contributed by atoms with van der Waals surface area (Å²) >= 11 is 7.24. The second-order valence-corrected chi connectivity index (χ2v) is 6.53. The summed E-state index contributed by atoms with van der Waals surface area (Å²) in [7, 11) is 0. The molecule has 0 radical (unpaired) electrons. The Labute approximate surface area is 138 Å². The number of benzene rings is 2. The van der Waals surface area contributed by atoms with Crippen LogP contribution in [0.25, 0.3) is 0 Å². The van der Waals surface area contributed by atoms with Crippen molar-refractivity contribution in [3.63, 3.8) is 0 Å². The first kappa shape index (κ1) is 15.7. The summed E-state index contributed by atoms with van der Waals surface area (Å²) in [6.45, 7) is 5.26. The van der Waals surface area contributed by atoms with Crippen molar-refractivity contribution in [2.24, 2.45) is 0 Å². The first-order valence-corrected chi connectivity index (χ1v) is 8.51. The van der Waals surface area contributed by atoms with E-state index >= 15 is 0 Å². The predicted molar refractivity (Wildman–Crippen MR) is 93.2 cm³/mol. The number of halogens is 2. The van der Waals surface area contributed by atoms with Crippen LogP contribution in [-0.2, 0) is 6.42 Å². The first-order valence-electron chi connectivity index (χ1n) is 6.92. The van der Waals surface area contributed by atoms with Crippen molar-refractivity contribution in [3.8, 4) is 0 Å². The number of hydrogen-bond donors (Lipinski definition) is 1. The molecule has 0 spiro atoms. The van der Waals surface area contributed by atoms with Gasteiger partial charge in [0.25, 0.3) is 0 Å². The summed E-state index contributed by atoms with van der Waals surface area (Å²) in [5.74, 6) is 0. The molecule has 1 N–H and O–H groups in total. The van der Waals surface area contributed by atoms with Crippen LogP contribution in [0.1, 0.15) is 36.6 Å². The number of hydrogen-bond acceptors (Lipinski definition) is 1. The Morgan fingerprint density at radius 3 is 2.55 bits per heavy atom. The number of rotatable bonds is 5. The van der Waals surface area contributed by atoms with Gasteiger partial charge >= 0.3 is 0 Å². The summed E-state index contributed by atoms with van der Waals surface area (Å²) < 4.78 is 2.24. The van der Waals surface area contributed by atoms with Crippen LogP contribution in [0.15, 0.2) is 51.4 Å². The maximum Gasteiger partial charge on any atom is 0.0588 e. The van der Waals surface area contributed by atoms with E-state index in [4.69, 9.17) is 0 Å². The fraction of sp³-hybridized carbons (Fsp3) is 0.294. The zero-order valence-corrected chi connectivity index (χ0v) is 15.0. The van der Waals surface area contributed by atoms with E-state index in [0.717, 1.165) is 21.9 Å². The van der Waals surface area contributed by atoms with Gasteiger partial charge < -0.3 is 5.32 Å². The molecular formula is C17H19Br2N. The van der Waals surface area contributed by atoms with E-state index in [9.17, 15) is 0 Å². The highest BCUT2D eigenvalue weighted by Gasteiger charge is 2.16. The highest BCUT2D eigenvalue weighted by molar-refractivity contribution is 9.11. The quantitative estimate of drug-likeness (QED) is 0.706. The lowest BCUT2D eigenvalue weighted by Gasteiger charge is -2.21. The van der Waals surface area contributed by atoms with Gasteiger partial charge in [-0.25, -0.2) is 0 Å². The Balaban J connectivity index is 2.46. The van der Waals surface area contributed by atoms with Gasteiger partial charge in [-0.05, 0) is 47.9 Å². The molecule has 1 atom stereocenters. The van der Waals surface area contributed by atoms with Crippen LogP contribution >= 0.6 is 31.9 Å². The summed E-state index contributed by atoms with van der Waals surface area (Å²) in [6, 6.07) is 15.3. The highest BCUT2D eigenvalue weighted by Crippen LogP contribution is 2.31. The van der Waals surface area contributed by atoms with Crippen molar-refractivity contribution < 1.29 is 0 Å². The minimum absolute atomic E-state index is 0.207. The second-order valence-electron chi connectivity index (χ2n) is 4.76. The Bertz CT molecular complexity index is 581. The standard InChI is InChI=1S/C17H19Br2N/c1-3-12-6-5-7-13(10-12)17(20-4-2)15-11-14(18)8-9-16(15)19/h5-11,17,20H,3-4H2,1-2H3. The van der Waals surface area contributed by atoms with Gasteiger partial charge in [0.1, 0.15) is 0 Å². The molecule has 0 amide bonds. The first-order chi connectivity index (χ1) is 9.65. The lowest BCUT2D eigenvalue weighted by molar-refractivity contribution is 0.627. The van der Waals surface area contributed by atoms with Crippen LogP contribution in [0.3, 0.4) is 0 Å². The van der Waals surface area contributed by atoms with Crippen LogP contribution in [0.4, 0.5) is 0 Å². The summed E-state index contributed by atoms with van der Waals surface area (Å²) in [6.07, 6.45) is 1.06. The van der Waals surface area contributed by atoms with Crippen molar-refractivity contribution in [3.05, 3.63) is 68.1 Å². The smallest absolute Gasteiger partial charge is 0.0588 e. The van der Waals surface area contributed by atoms with E-state index in [1.165, 1.54) is 16.7 Å². The van der Waals surface area contributed by atoms with E-state index in [1.807, 2.05) is 0 Å². The maximum atomic E-state index is 3.67. The van der Waals surface area contributed by atoms with Crippen molar-refractivity contribution in [1.29, 1.82) is 0 Å². The average Bonchev–Trinajstić information content (AvgIpc) is 2.47. The molecule has 3 heteroatoms. The molecule has 1 nitrogen and oxygen atoms in total. The lowest BCUT2D eigenvalue weighted by atomic mass is 9.96. The third-order valence-electron chi connectivity index (χ3n) is 3.37. The molecule has 1 unspecified atom stereocenters. The van der Waals surface area contributed by atoms with Crippen LogP contribution in [0, 0.1) is 0 Å². The SMILES string of the molecule is CCNC(c1cccc(CC)c1)c1cc(Br)ccc1Br. The molecule has 2 aromatic carbocycles. The third kappa shape index (κ3) is 3.72. The fourth-order valence-electron chi connectivity index (χ4n) is 2.34. The lowest BCUT2D eigenvalue weighted by Crippen LogP contribution is -2.22. The largest absolute Gasteiger partial charge is 0.306 e. The maximum absolute atomic E-state index is 3.67. The van der Waals surface area contributed by atoms with E-state index in [-0.39, 0.29) is 6.04 Å². The van der Waals surface area contributed by atoms with Crippen LogP contribution in [-0.4, -0.2) is 6.54 Å². The molecule has 20 heavy (non-hydrogen) atoms. The van der Waals surface area contributed by atoms with Crippen LogP contribution in [0.5, 0.6) is 0 Å². The Morgan fingerprint density at radius 2 is 1.85 bits per heavy atom. The molecule has 0 saturated heterocycles. The number of nitrogens with one attached hydrogen (secondary N) is 1. The molecule has 2 aromatic rings. The van der Waals surface area contributed by atoms with E-state index in [0.29, 0.717) is 0 Å². The van der Waals surface area contributed by atoms with Gasteiger partial charge in [0.2, 0.25) is 0 Å². The highest BCUT2D eigenvalue weighted by atomic mass is 79.9. The van der Waals surface area contributed by atoms with Gasteiger partial charge in [-0.15, -0.1) is 0 Å². The third-order valence-corrected chi connectivity index (χ3v) is 4.59. The molecule has 0 aromatic heterocycles. The van der Waals surface area contributed by atoms with E-state index in [1.54, 1.807) is 0 Å². The topological polar surface area (TPSA) is 12.0 Å². The molecule has 106 valence electrons. The van der Waals surface area contributed by atoms with Gasteiger partial charge in [0, 0.05) is 8.95 Å². The van der Waals surface area contributed by atoms with Gasteiger partial charge in [0.05, 0.1) is 6.04 Å². The zero-order chi connectivity index (χ0) is 14.5. The van der Waals surface area contributed by atoms with Gasteiger partial charge in [0.15, 0.2) is 0 Å². The van der Waals surface area contributed by atoms with Crippen LogP contribution in [0.2, 0.25) is 0 Å². The minimum Gasteiger partial charge on any atom is -0.306 e. The second kappa shape index (κ2) is 7.39. The molecule has 0 aliphatic carbocycles. The Morgan fingerprint density at radius 1 is 1.05 bits per heavy atom. The van der Waals surface area contributed by atoms with Gasteiger partial charge in [-0.1, -0.05) is 70.0 Å². The van der Waals surface area contributed by atoms with Crippen molar-refractivity contribution in [1.82, 2.24) is 5.32 Å². The Kier molecular flexibility index (Phi) is 5.82. The normalized spacial score (nSPS) is 12.4. The van der Waals surface area contributed by atoms with E-state index in [2.05, 4.69) is 93.5 Å². The summed E-state index contributed by atoms with van der Waals surface area (Å²) in [4.78, 5) is 0. The predicted octanol–water partition coefficient (Wildman–Crippen LogP) is 5.47. The molecule has 0 fully saturated rings. The fourth-order valence-corrected chi connectivity index (χ4v) is 3.19. The Hall–Kier alpha value is -0.640. The zero-order valence-electron chi connectivity index (χ0n) is 11.8. The van der Waals surface area contributed by atoms with Crippen LogP contribution < -0.4 is 5.32 Å². The van der Waals surface area contributed by atoms with Gasteiger partial charge in [-0.3, -0.25) is 0 Å². The molecular weight excluding hydrogens is 378 g/mol. The minimum atomic E-state index is 0.207. The van der Waals surface area contributed by atoms with Crippen molar-refractivity contribution >= 4 is 31.9 Å². The monoisotopic (exact) mass is 395 g/mol.